The van der Waals surface area contributed by atoms with Gasteiger partial charge in [0, 0.05) is 44.8 Å². The van der Waals surface area contributed by atoms with E-state index < -0.39 is 90.6 Å². The molecule has 2 heterocycles. The van der Waals surface area contributed by atoms with Crippen molar-refractivity contribution in [3.05, 3.63) is 41.0 Å². The number of carbonyl (C=O) groups is 4. The van der Waals surface area contributed by atoms with Gasteiger partial charge in [0.25, 0.3) is 5.91 Å². The lowest BCUT2D eigenvalue weighted by Gasteiger charge is -2.47. The number of nitrogens with zero attached hydrogens (tertiary/aromatic N) is 1. The Bertz CT molecular complexity index is 1360. The lowest BCUT2D eigenvalue weighted by Crippen LogP contribution is -2.67. The van der Waals surface area contributed by atoms with Crippen molar-refractivity contribution < 1.29 is 58.6 Å². The topological polar surface area (TPSA) is 215 Å². The lowest BCUT2D eigenvalue weighted by atomic mass is 9.81. The van der Waals surface area contributed by atoms with Crippen molar-refractivity contribution in [3.63, 3.8) is 0 Å². The first-order valence-corrected chi connectivity index (χ1v) is 15.3. The van der Waals surface area contributed by atoms with Crippen LogP contribution in [-0.2, 0) is 19.1 Å². The minimum Gasteiger partial charge on any atom is -0.507 e. The Morgan fingerprint density at radius 3 is 2.36 bits per heavy atom. The summed E-state index contributed by atoms with van der Waals surface area (Å²) in [6.07, 6.45) is -6.36. The van der Waals surface area contributed by atoms with Crippen molar-refractivity contribution in [1.29, 1.82) is 0 Å². The van der Waals surface area contributed by atoms with E-state index in [1.54, 1.807) is 34.6 Å². The highest BCUT2D eigenvalue weighted by Gasteiger charge is 2.54. The quantitative estimate of drug-likeness (QED) is 0.176. The van der Waals surface area contributed by atoms with E-state index >= 15 is 4.39 Å². The molecular weight excluding hydrogens is 621 g/mol. The van der Waals surface area contributed by atoms with Gasteiger partial charge in [0.2, 0.25) is 5.91 Å². The number of aliphatic hydroxyl groups is 3. The molecular formula is C32H46FN3O11. The maximum absolute atomic E-state index is 15.6. The molecule has 0 spiro atoms. The Kier molecular flexibility index (Phi) is 11.7. The second kappa shape index (κ2) is 14.5. The van der Waals surface area contributed by atoms with Crippen molar-refractivity contribution >= 4 is 23.9 Å². The number of amides is 3. The van der Waals surface area contributed by atoms with Gasteiger partial charge in [-0.05, 0) is 64.0 Å². The predicted octanol–water partition coefficient (Wildman–Crippen LogP) is 1.23. The number of phenolic OH excluding ortho intramolecular Hbond substituents is 1. The molecule has 2 saturated heterocycles. The number of nitrogens with one attached hydrogen (secondary N) is 2. The number of alkyl halides is 1. The zero-order chi connectivity index (χ0) is 35.5. The maximum atomic E-state index is 15.6. The van der Waals surface area contributed by atoms with Gasteiger partial charge in [0.1, 0.15) is 29.2 Å². The van der Waals surface area contributed by atoms with Crippen LogP contribution in [-0.4, -0.2) is 121 Å². The third-order valence-electron chi connectivity index (χ3n) is 8.15. The second-order valence-corrected chi connectivity index (χ2v) is 13.4. The SMILES string of the molecule is CC(=O)N[C@H]1[C@H]([C@H](O)[C@H](O)CNC(=O)c2cc(C)c(O)c(C)c2)O[C@@](C/C=C/C2(F)CCN(C(=O)OC(C)(C)C)C2)(C(=O)O)C[C@@H]1O. The van der Waals surface area contributed by atoms with Crippen LogP contribution in [0.3, 0.4) is 0 Å². The molecule has 1 aromatic carbocycles. The van der Waals surface area contributed by atoms with E-state index in [-0.39, 0.29) is 30.8 Å². The number of benzene rings is 1. The fourth-order valence-electron chi connectivity index (χ4n) is 5.72. The van der Waals surface area contributed by atoms with E-state index in [9.17, 15) is 44.7 Å². The fourth-order valence-corrected chi connectivity index (χ4v) is 5.72. The number of aliphatic hydroxyl groups excluding tert-OH is 3. The van der Waals surface area contributed by atoms with Gasteiger partial charge < -0.3 is 50.5 Å². The number of carbonyl (C=O) groups excluding carboxylic acids is 3. The molecule has 7 N–H and O–H groups in total. The zero-order valence-corrected chi connectivity index (χ0v) is 27.4. The van der Waals surface area contributed by atoms with Crippen LogP contribution in [0.4, 0.5) is 9.18 Å². The number of carboxylic acids is 1. The first-order chi connectivity index (χ1) is 21.7. The standard InChI is InChI=1S/C32H46FN3O11/c1-17-12-20(13-18(2)24(17)40)27(42)34-15-22(39)25(41)26-23(35-19(3)37)21(38)14-32(46-26,28(43)44)9-7-8-31(33)10-11-36(16-31)29(45)47-30(4,5)6/h7-8,12-13,21-23,25-26,38-41H,9-11,14-16H2,1-6H3,(H,34,42)(H,35,37)(H,43,44)/b8-7+/t21-,22+,23+,25+,26+,31?,32+/m0/s1. The summed E-state index contributed by atoms with van der Waals surface area (Å²) >= 11 is 0. The molecule has 15 heteroatoms. The van der Waals surface area contributed by atoms with Crippen LogP contribution in [0, 0.1) is 13.8 Å². The molecule has 262 valence electrons. The van der Waals surface area contributed by atoms with E-state index in [1.165, 1.54) is 23.1 Å². The summed E-state index contributed by atoms with van der Waals surface area (Å²) in [7, 11) is 0. The highest BCUT2D eigenvalue weighted by Crippen LogP contribution is 2.36. The van der Waals surface area contributed by atoms with Crippen LogP contribution in [0.2, 0.25) is 0 Å². The number of aryl methyl sites for hydroxylation is 2. The van der Waals surface area contributed by atoms with Crippen molar-refractivity contribution in [3.8, 4) is 5.75 Å². The Morgan fingerprint density at radius 1 is 1.19 bits per heavy atom. The molecule has 0 aliphatic carbocycles. The highest BCUT2D eigenvalue weighted by molar-refractivity contribution is 5.94. The summed E-state index contributed by atoms with van der Waals surface area (Å²) in [4.78, 5) is 50.8. The van der Waals surface area contributed by atoms with Gasteiger partial charge in [0.15, 0.2) is 5.60 Å². The van der Waals surface area contributed by atoms with Crippen molar-refractivity contribution in [2.45, 2.75) is 108 Å². The van der Waals surface area contributed by atoms with E-state index in [0.717, 1.165) is 13.0 Å². The Labute approximate surface area is 272 Å². The van der Waals surface area contributed by atoms with Gasteiger partial charge in [-0.25, -0.2) is 14.0 Å². The van der Waals surface area contributed by atoms with Gasteiger partial charge in [-0.1, -0.05) is 6.08 Å². The van der Waals surface area contributed by atoms with E-state index in [1.807, 2.05) is 0 Å². The number of hydrogen-bond donors (Lipinski definition) is 7. The van der Waals surface area contributed by atoms with Gasteiger partial charge in [-0.3, -0.25) is 9.59 Å². The first kappa shape index (κ1) is 37.7. The average molecular weight is 668 g/mol. The highest BCUT2D eigenvalue weighted by atomic mass is 19.1. The van der Waals surface area contributed by atoms with Crippen molar-refractivity contribution in [2.75, 3.05) is 19.6 Å². The smallest absolute Gasteiger partial charge is 0.410 e. The van der Waals surface area contributed by atoms with E-state index in [2.05, 4.69) is 10.6 Å². The molecule has 0 aromatic heterocycles. The molecule has 0 bridgehead atoms. The molecule has 14 nitrogen and oxygen atoms in total. The zero-order valence-electron chi connectivity index (χ0n) is 27.4. The third kappa shape index (κ3) is 9.40. The Balaban J connectivity index is 1.77. The molecule has 2 aliphatic rings. The van der Waals surface area contributed by atoms with Gasteiger partial charge in [0.05, 0.1) is 24.8 Å². The van der Waals surface area contributed by atoms with Gasteiger partial charge in [-0.2, -0.15) is 0 Å². The first-order valence-electron chi connectivity index (χ1n) is 15.3. The van der Waals surface area contributed by atoms with Crippen LogP contribution in [0.5, 0.6) is 5.75 Å². The summed E-state index contributed by atoms with van der Waals surface area (Å²) in [5, 5.41) is 58.0. The summed E-state index contributed by atoms with van der Waals surface area (Å²) in [6, 6.07) is 1.52. The van der Waals surface area contributed by atoms with Gasteiger partial charge >= 0.3 is 12.1 Å². The predicted molar refractivity (Wildman–Crippen MR) is 165 cm³/mol. The van der Waals surface area contributed by atoms with Crippen LogP contribution < -0.4 is 10.6 Å². The molecule has 0 saturated carbocycles. The van der Waals surface area contributed by atoms with Gasteiger partial charge in [-0.15, -0.1) is 0 Å². The van der Waals surface area contributed by atoms with Crippen LogP contribution in [0.1, 0.15) is 68.4 Å². The summed E-state index contributed by atoms with van der Waals surface area (Å²) in [5.41, 5.74) is -3.90. The molecule has 1 aromatic rings. The number of carboxylic acid groups (broad SMARTS) is 1. The normalized spacial score (nSPS) is 27.7. The number of aliphatic carboxylic acids is 1. The fraction of sp³-hybridized carbons (Fsp3) is 0.625. The number of phenols is 1. The summed E-state index contributed by atoms with van der Waals surface area (Å²) in [5.74, 6) is -2.78. The lowest BCUT2D eigenvalue weighted by molar-refractivity contribution is -0.226. The largest absolute Gasteiger partial charge is 0.507 e. The average Bonchev–Trinajstić information content (AvgIpc) is 3.35. The Hall–Kier alpha value is -3.79. The molecule has 3 amide bonds. The molecule has 3 rings (SSSR count). The molecule has 0 radical (unpaired) electrons. The van der Waals surface area contributed by atoms with Crippen molar-refractivity contribution in [1.82, 2.24) is 15.5 Å². The van der Waals surface area contributed by atoms with E-state index in [0.29, 0.717) is 11.1 Å². The van der Waals surface area contributed by atoms with Crippen LogP contribution in [0.25, 0.3) is 0 Å². The minimum absolute atomic E-state index is 0.0264. The number of rotatable bonds is 10. The Morgan fingerprint density at radius 2 is 1.81 bits per heavy atom. The number of halogens is 1. The van der Waals surface area contributed by atoms with Crippen LogP contribution >= 0.6 is 0 Å². The molecule has 2 fully saturated rings. The number of aromatic hydroxyl groups is 1. The molecule has 7 atom stereocenters. The number of ether oxygens (including phenoxy) is 2. The monoisotopic (exact) mass is 667 g/mol. The molecule has 2 aliphatic heterocycles. The summed E-state index contributed by atoms with van der Waals surface area (Å²) < 4.78 is 26.8. The van der Waals surface area contributed by atoms with E-state index in [4.69, 9.17) is 9.47 Å². The summed E-state index contributed by atoms with van der Waals surface area (Å²) in [6.45, 7) is 8.62. The van der Waals surface area contributed by atoms with Crippen LogP contribution in [0.15, 0.2) is 24.3 Å². The molecule has 47 heavy (non-hydrogen) atoms. The number of likely N-dealkylation sites (tertiary alicyclic amines) is 1. The molecule has 1 unspecified atom stereocenters. The van der Waals surface area contributed by atoms with Crippen molar-refractivity contribution in [2.24, 2.45) is 0 Å². The second-order valence-electron chi connectivity index (χ2n) is 13.4. The minimum atomic E-state index is -2.21. The third-order valence-corrected chi connectivity index (χ3v) is 8.15. The number of hydrogen-bond acceptors (Lipinski definition) is 10. The maximum Gasteiger partial charge on any atom is 0.410 e.